The Morgan fingerprint density at radius 1 is 1.45 bits per heavy atom. The average molecular weight is 306 g/mol. The number of hydrogen-bond acceptors (Lipinski definition) is 6. The fraction of sp³-hybridized carbons (Fsp3) is 0.222. The van der Waals surface area contributed by atoms with E-state index in [2.05, 4.69) is 5.32 Å². The molecule has 1 amide bonds. The molecule has 1 aromatic carbocycles. The highest BCUT2D eigenvalue weighted by Gasteiger charge is 2.23. The smallest absolute Gasteiger partial charge is 0.293 e. The number of carbonyl (C=O) groups excluding carboxylic acids is 1. The number of nitrogen functional groups attached to an aromatic ring is 1. The Kier molecular flexibility index (Phi) is 4.57. The molecular weight excluding hydrogens is 295 g/mol. The molecule has 0 radical (unpaired) electrons. The third kappa shape index (κ3) is 3.86. The SMILES string of the molecule is Nc1c([N+](=O)[O-])ccc(F)c1C(=O)NCCS(N)(=O)=O. The minimum Gasteiger partial charge on any atom is -0.392 e. The van der Waals surface area contributed by atoms with Crippen molar-refractivity contribution in [3.63, 3.8) is 0 Å². The minimum absolute atomic E-state index is 0.376. The van der Waals surface area contributed by atoms with Crippen molar-refractivity contribution in [1.29, 1.82) is 0 Å². The van der Waals surface area contributed by atoms with E-state index in [-0.39, 0.29) is 6.54 Å². The second kappa shape index (κ2) is 5.79. The highest BCUT2D eigenvalue weighted by atomic mass is 32.2. The summed E-state index contributed by atoms with van der Waals surface area (Å²) in [5.41, 5.74) is 3.39. The number of nitrogens with two attached hydrogens (primary N) is 2. The Bertz CT molecular complexity index is 661. The normalized spacial score (nSPS) is 11.1. The van der Waals surface area contributed by atoms with Crippen LogP contribution in [-0.2, 0) is 10.0 Å². The van der Waals surface area contributed by atoms with Crippen molar-refractivity contribution >= 4 is 27.3 Å². The zero-order chi connectivity index (χ0) is 15.5. The lowest BCUT2D eigenvalue weighted by Crippen LogP contribution is -2.32. The summed E-state index contributed by atoms with van der Waals surface area (Å²) in [6.07, 6.45) is 0. The Balaban J connectivity index is 2.98. The van der Waals surface area contributed by atoms with Gasteiger partial charge in [0.05, 0.1) is 10.7 Å². The van der Waals surface area contributed by atoms with E-state index in [1.807, 2.05) is 0 Å². The maximum absolute atomic E-state index is 13.5. The molecule has 0 aromatic heterocycles. The van der Waals surface area contributed by atoms with Crippen LogP contribution >= 0.6 is 0 Å². The van der Waals surface area contributed by atoms with Gasteiger partial charge in [-0.25, -0.2) is 17.9 Å². The molecule has 5 N–H and O–H groups in total. The van der Waals surface area contributed by atoms with E-state index in [0.717, 1.165) is 12.1 Å². The van der Waals surface area contributed by atoms with Crippen LogP contribution in [0.5, 0.6) is 0 Å². The van der Waals surface area contributed by atoms with Crippen LogP contribution in [0.2, 0.25) is 0 Å². The van der Waals surface area contributed by atoms with Crippen molar-refractivity contribution in [2.45, 2.75) is 0 Å². The van der Waals surface area contributed by atoms with Crippen LogP contribution in [0.1, 0.15) is 10.4 Å². The molecule has 0 aliphatic rings. The number of halogens is 1. The monoisotopic (exact) mass is 306 g/mol. The Hall–Kier alpha value is -2.27. The molecular formula is C9H11FN4O5S. The summed E-state index contributed by atoms with van der Waals surface area (Å²) < 4.78 is 34.8. The van der Waals surface area contributed by atoms with E-state index < -0.39 is 49.4 Å². The summed E-state index contributed by atoms with van der Waals surface area (Å²) in [6, 6.07) is 1.55. The molecule has 1 aromatic rings. The van der Waals surface area contributed by atoms with Crippen molar-refractivity contribution in [2.24, 2.45) is 5.14 Å². The van der Waals surface area contributed by atoms with Gasteiger partial charge in [-0.15, -0.1) is 0 Å². The zero-order valence-corrected chi connectivity index (χ0v) is 10.8. The van der Waals surface area contributed by atoms with E-state index in [1.54, 1.807) is 0 Å². The predicted molar refractivity (Wildman–Crippen MR) is 67.8 cm³/mol. The van der Waals surface area contributed by atoms with Crippen LogP contribution < -0.4 is 16.2 Å². The van der Waals surface area contributed by atoms with Gasteiger partial charge in [0.1, 0.15) is 17.1 Å². The third-order valence-corrected chi connectivity index (χ3v) is 3.04. The lowest BCUT2D eigenvalue weighted by atomic mass is 10.1. The van der Waals surface area contributed by atoms with Crippen LogP contribution in [-0.4, -0.2) is 31.5 Å². The molecule has 20 heavy (non-hydrogen) atoms. The first-order valence-electron chi connectivity index (χ1n) is 5.14. The molecule has 0 atom stereocenters. The lowest BCUT2D eigenvalue weighted by Gasteiger charge is -2.08. The second-order valence-corrected chi connectivity index (χ2v) is 5.47. The number of amides is 1. The molecule has 0 saturated heterocycles. The summed E-state index contributed by atoms with van der Waals surface area (Å²) in [7, 11) is -3.79. The fourth-order valence-corrected chi connectivity index (χ4v) is 1.75. The van der Waals surface area contributed by atoms with Gasteiger partial charge in [-0.2, -0.15) is 0 Å². The number of carbonyl (C=O) groups is 1. The number of nitrogens with one attached hydrogen (secondary N) is 1. The quantitative estimate of drug-likeness (QED) is 0.372. The molecule has 0 aliphatic carbocycles. The number of rotatable bonds is 5. The van der Waals surface area contributed by atoms with Crippen LogP contribution in [0, 0.1) is 15.9 Å². The van der Waals surface area contributed by atoms with Gasteiger partial charge in [0.15, 0.2) is 0 Å². The van der Waals surface area contributed by atoms with Crippen LogP contribution in [0.4, 0.5) is 15.8 Å². The molecule has 0 heterocycles. The molecule has 0 aliphatic heterocycles. The van der Waals surface area contributed by atoms with E-state index in [4.69, 9.17) is 10.9 Å². The summed E-state index contributed by atoms with van der Waals surface area (Å²) in [6.45, 7) is -0.376. The van der Waals surface area contributed by atoms with Crippen LogP contribution in [0.3, 0.4) is 0 Å². The fourth-order valence-electron chi connectivity index (χ4n) is 1.37. The lowest BCUT2D eigenvalue weighted by molar-refractivity contribution is -0.384. The largest absolute Gasteiger partial charge is 0.392 e. The number of nitrogens with zero attached hydrogens (tertiary/aromatic N) is 1. The molecule has 0 bridgehead atoms. The number of hydrogen-bond donors (Lipinski definition) is 3. The minimum atomic E-state index is -3.79. The molecule has 0 saturated carbocycles. The second-order valence-electron chi connectivity index (χ2n) is 3.74. The highest BCUT2D eigenvalue weighted by molar-refractivity contribution is 7.89. The number of primary sulfonamides is 1. The number of nitro groups is 1. The number of anilines is 1. The van der Waals surface area contributed by atoms with E-state index >= 15 is 0 Å². The first-order chi connectivity index (χ1) is 9.13. The van der Waals surface area contributed by atoms with Gasteiger partial charge in [0, 0.05) is 12.6 Å². The summed E-state index contributed by atoms with van der Waals surface area (Å²) >= 11 is 0. The van der Waals surface area contributed by atoms with Gasteiger partial charge >= 0.3 is 0 Å². The van der Waals surface area contributed by atoms with Crippen molar-refractivity contribution in [3.8, 4) is 0 Å². The van der Waals surface area contributed by atoms with Gasteiger partial charge in [0.25, 0.3) is 11.6 Å². The van der Waals surface area contributed by atoms with Crippen LogP contribution in [0.25, 0.3) is 0 Å². The van der Waals surface area contributed by atoms with Gasteiger partial charge in [-0.1, -0.05) is 0 Å². The van der Waals surface area contributed by atoms with Crippen LogP contribution in [0.15, 0.2) is 12.1 Å². The summed E-state index contributed by atoms with van der Waals surface area (Å²) in [5, 5.41) is 17.4. The molecule has 11 heteroatoms. The maximum atomic E-state index is 13.5. The summed E-state index contributed by atoms with van der Waals surface area (Å²) in [4.78, 5) is 21.4. The molecule has 110 valence electrons. The average Bonchev–Trinajstić information content (AvgIpc) is 2.26. The Labute approximate surface area is 112 Å². The Morgan fingerprint density at radius 3 is 2.55 bits per heavy atom. The molecule has 0 unspecified atom stereocenters. The van der Waals surface area contributed by atoms with Gasteiger partial charge in [-0.3, -0.25) is 14.9 Å². The van der Waals surface area contributed by atoms with E-state index in [0.29, 0.717) is 0 Å². The molecule has 0 spiro atoms. The third-order valence-electron chi connectivity index (χ3n) is 2.27. The molecule has 1 rings (SSSR count). The predicted octanol–water partition coefficient (Wildman–Crippen LogP) is -0.666. The van der Waals surface area contributed by atoms with Crippen molar-refractivity contribution in [1.82, 2.24) is 5.32 Å². The van der Waals surface area contributed by atoms with Crippen molar-refractivity contribution in [2.75, 3.05) is 18.0 Å². The summed E-state index contributed by atoms with van der Waals surface area (Å²) in [5.74, 6) is -2.68. The molecule has 9 nitrogen and oxygen atoms in total. The Morgan fingerprint density at radius 2 is 2.05 bits per heavy atom. The highest BCUT2D eigenvalue weighted by Crippen LogP contribution is 2.27. The standard InChI is InChI=1S/C9H11FN4O5S/c10-5-1-2-6(14(16)17)8(11)7(5)9(15)13-3-4-20(12,18)19/h1-2H,3-4,11H2,(H,13,15)(H2,12,18,19). The number of sulfonamides is 1. The maximum Gasteiger partial charge on any atom is 0.293 e. The van der Waals surface area contributed by atoms with Gasteiger partial charge in [0.2, 0.25) is 10.0 Å². The number of nitro benzene ring substituents is 1. The first-order valence-corrected chi connectivity index (χ1v) is 6.86. The topological polar surface area (TPSA) is 158 Å². The van der Waals surface area contributed by atoms with Gasteiger partial charge < -0.3 is 11.1 Å². The van der Waals surface area contributed by atoms with Crippen molar-refractivity contribution < 1.29 is 22.5 Å². The zero-order valence-electron chi connectivity index (χ0n) is 10.00. The first kappa shape index (κ1) is 15.8. The van der Waals surface area contributed by atoms with E-state index in [9.17, 15) is 27.7 Å². The van der Waals surface area contributed by atoms with Crippen molar-refractivity contribution in [3.05, 3.63) is 33.6 Å². The van der Waals surface area contributed by atoms with Gasteiger partial charge in [-0.05, 0) is 6.07 Å². The van der Waals surface area contributed by atoms with E-state index in [1.165, 1.54) is 0 Å². The number of benzene rings is 1. The molecule has 0 fully saturated rings.